The second-order valence-electron chi connectivity index (χ2n) is 8.89. The van der Waals surface area contributed by atoms with Crippen molar-refractivity contribution < 1.29 is 0 Å². The summed E-state index contributed by atoms with van der Waals surface area (Å²) in [5.41, 5.74) is 2.92. The summed E-state index contributed by atoms with van der Waals surface area (Å²) in [5.74, 6) is 0. The van der Waals surface area contributed by atoms with Gasteiger partial charge in [0.25, 0.3) is 0 Å². The molecule has 168 valence electrons. The number of rotatable bonds is 7. The number of hydrogen-bond donors (Lipinski definition) is 0. The molecule has 1 heterocycles. The molecule has 0 saturated carbocycles. The Kier molecular flexibility index (Phi) is 6.11. The van der Waals surface area contributed by atoms with Crippen LogP contribution < -0.4 is 15.1 Å². The van der Waals surface area contributed by atoms with E-state index in [1.807, 2.05) is 0 Å². The maximum atomic E-state index is 2.92. The lowest BCUT2D eigenvalue weighted by atomic mass is 10.1. The first kappa shape index (κ1) is 21.8. The van der Waals surface area contributed by atoms with Crippen molar-refractivity contribution in [3.8, 4) is 0 Å². The Hall–Kier alpha value is -2.69. The number of benzene rings is 4. The van der Waals surface area contributed by atoms with Crippen molar-refractivity contribution in [1.29, 1.82) is 0 Å². The van der Waals surface area contributed by atoms with Crippen LogP contribution in [-0.2, 0) is 6.42 Å². The van der Waals surface area contributed by atoms with E-state index in [1.54, 1.807) is 0 Å². The van der Waals surface area contributed by atoms with Crippen molar-refractivity contribution in [1.82, 2.24) is 0 Å². The van der Waals surface area contributed by atoms with Gasteiger partial charge >= 0.3 is 0 Å². The summed E-state index contributed by atoms with van der Waals surface area (Å²) in [7, 11) is -1.27. The van der Waals surface area contributed by atoms with Crippen LogP contribution in [0.4, 0.5) is 0 Å². The van der Waals surface area contributed by atoms with E-state index in [2.05, 4.69) is 121 Å². The van der Waals surface area contributed by atoms with E-state index in [1.165, 1.54) is 55.6 Å². The average Bonchev–Trinajstić information content (AvgIpc) is 3.50. The third-order valence-electron chi connectivity index (χ3n) is 6.76. The van der Waals surface area contributed by atoms with Crippen LogP contribution in [-0.4, -0.2) is 6.54 Å². The molecule has 5 aromatic rings. The van der Waals surface area contributed by atoms with Crippen LogP contribution in [0, 0.1) is 0 Å². The molecular weight excluding hydrogens is 448 g/mol. The zero-order chi connectivity index (χ0) is 22.9. The molecule has 34 heavy (non-hydrogen) atoms. The normalized spacial score (nSPS) is 13.7. The van der Waals surface area contributed by atoms with Crippen LogP contribution in [0.25, 0.3) is 27.1 Å². The van der Waals surface area contributed by atoms with Gasteiger partial charge in [0.15, 0.2) is 0 Å². The molecular formula is C31H29NP2. The first-order valence-corrected chi connectivity index (χ1v) is 14.8. The Morgan fingerprint density at radius 2 is 1.44 bits per heavy atom. The lowest BCUT2D eigenvalue weighted by Gasteiger charge is -2.34. The largest absolute Gasteiger partial charge is 0.230 e. The van der Waals surface area contributed by atoms with Crippen molar-refractivity contribution in [2.45, 2.75) is 26.2 Å². The molecule has 0 bridgehead atoms. The van der Waals surface area contributed by atoms with Gasteiger partial charge in [0, 0.05) is 24.9 Å². The summed E-state index contributed by atoms with van der Waals surface area (Å²) >= 11 is 0. The van der Waals surface area contributed by atoms with Crippen LogP contribution in [0.15, 0.2) is 103 Å². The molecule has 1 aliphatic carbocycles. The SMILES string of the molecule is CCCCN(P(c1ccccc1)c1cccc2c1CC=C2)p1c2ccccc2c2ccccc21. The molecule has 4 aromatic carbocycles. The Balaban J connectivity index is 1.65. The lowest BCUT2D eigenvalue weighted by molar-refractivity contribution is 0.823. The predicted octanol–water partition coefficient (Wildman–Crippen LogP) is 8.33. The molecule has 1 atom stereocenters. The Labute approximate surface area is 204 Å². The van der Waals surface area contributed by atoms with Gasteiger partial charge < -0.3 is 0 Å². The third kappa shape index (κ3) is 3.73. The molecule has 6 rings (SSSR count). The minimum atomic E-state index is -0.667. The second kappa shape index (κ2) is 9.52. The van der Waals surface area contributed by atoms with Crippen LogP contribution >= 0.6 is 15.8 Å². The zero-order valence-electron chi connectivity index (χ0n) is 19.6. The molecule has 0 spiro atoms. The van der Waals surface area contributed by atoms with Crippen molar-refractivity contribution in [2.75, 3.05) is 11.0 Å². The highest BCUT2D eigenvalue weighted by Crippen LogP contribution is 2.58. The molecule has 0 N–H and O–H groups in total. The number of allylic oxidation sites excluding steroid dienone is 1. The molecule has 1 aliphatic rings. The van der Waals surface area contributed by atoms with E-state index < -0.39 is 15.8 Å². The van der Waals surface area contributed by atoms with Crippen molar-refractivity contribution in [3.05, 3.63) is 114 Å². The quantitative estimate of drug-likeness (QED) is 0.213. The summed E-state index contributed by atoms with van der Waals surface area (Å²) in [5, 5.41) is 8.87. The summed E-state index contributed by atoms with van der Waals surface area (Å²) in [6, 6.07) is 36.5. The monoisotopic (exact) mass is 477 g/mol. The highest BCUT2D eigenvalue weighted by atomic mass is 31.2. The van der Waals surface area contributed by atoms with E-state index in [4.69, 9.17) is 0 Å². The second-order valence-corrected chi connectivity index (χ2v) is 13.4. The highest BCUT2D eigenvalue weighted by Gasteiger charge is 2.29. The Bertz CT molecular complexity index is 1430. The fourth-order valence-corrected chi connectivity index (χ4v) is 11.8. The molecule has 0 radical (unpaired) electrons. The van der Waals surface area contributed by atoms with Gasteiger partial charge in [0.1, 0.15) is 0 Å². The van der Waals surface area contributed by atoms with Gasteiger partial charge in [0.05, 0.1) is 0 Å². The number of hydrogen-bond acceptors (Lipinski definition) is 1. The van der Waals surface area contributed by atoms with Gasteiger partial charge in [-0.15, -0.1) is 0 Å². The maximum absolute atomic E-state index is 2.92. The van der Waals surface area contributed by atoms with Crippen LogP contribution in [0.3, 0.4) is 0 Å². The molecule has 0 saturated heterocycles. The van der Waals surface area contributed by atoms with E-state index in [-0.39, 0.29) is 0 Å². The molecule has 0 aliphatic heterocycles. The van der Waals surface area contributed by atoms with Crippen molar-refractivity contribution in [2.24, 2.45) is 0 Å². The van der Waals surface area contributed by atoms with Crippen molar-refractivity contribution in [3.63, 3.8) is 0 Å². The van der Waals surface area contributed by atoms with E-state index in [9.17, 15) is 0 Å². The van der Waals surface area contributed by atoms with Gasteiger partial charge in [-0.05, 0) is 65.2 Å². The molecule has 0 amide bonds. The molecule has 1 unspecified atom stereocenters. The predicted molar refractivity (Wildman–Crippen MR) is 154 cm³/mol. The minimum absolute atomic E-state index is 0.603. The van der Waals surface area contributed by atoms with Gasteiger partial charge in [-0.25, -0.2) is 4.44 Å². The van der Waals surface area contributed by atoms with Crippen LogP contribution in [0.5, 0.6) is 0 Å². The molecule has 3 heteroatoms. The summed E-state index contributed by atoms with van der Waals surface area (Å²) in [6.07, 6.45) is 8.09. The van der Waals surface area contributed by atoms with Gasteiger partial charge in [-0.3, -0.25) is 0 Å². The number of fused-ring (bicyclic) bond motifs is 4. The molecule has 1 nitrogen and oxygen atoms in total. The first-order chi connectivity index (χ1) is 16.9. The highest BCUT2D eigenvalue weighted by molar-refractivity contribution is 7.85. The van der Waals surface area contributed by atoms with Gasteiger partial charge in [-0.1, -0.05) is 110 Å². The van der Waals surface area contributed by atoms with Crippen LogP contribution in [0.1, 0.15) is 30.9 Å². The van der Waals surface area contributed by atoms with Gasteiger partial charge in [0.2, 0.25) is 0 Å². The summed E-state index contributed by atoms with van der Waals surface area (Å²) in [6.45, 7) is 3.43. The third-order valence-corrected chi connectivity index (χ3v) is 12.5. The standard InChI is InChI=1S/C31H29NP2/c1-2-3-23-32(34-30-20-9-7-17-27(30)28-18-8-10-21-31(28)34)33(25-15-5-4-6-16-25)29-22-12-14-24-13-11-19-26(24)29/h4-18,20-22H,2-3,19,23H2,1H3. The fraction of sp³-hybridized carbons (Fsp3) is 0.161. The van der Waals surface area contributed by atoms with E-state index >= 15 is 0 Å². The minimum Gasteiger partial charge on any atom is -0.230 e. The smallest absolute Gasteiger partial charge is 0.0361 e. The number of nitrogens with zero attached hydrogens (tertiary/aromatic N) is 1. The summed E-state index contributed by atoms with van der Waals surface area (Å²) in [4.78, 5) is 0. The molecule has 0 fully saturated rings. The van der Waals surface area contributed by atoms with E-state index in [0.717, 1.165) is 13.0 Å². The van der Waals surface area contributed by atoms with Gasteiger partial charge in [-0.2, -0.15) is 0 Å². The fourth-order valence-electron chi connectivity index (χ4n) is 5.18. The molecule has 1 aromatic heterocycles. The maximum Gasteiger partial charge on any atom is 0.0361 e. The first-order valence-electron chi connectivity index (χ1n) is 12.3. The topological polar surface area (TPSA) is 3.24 Å². The number of unbranched alkanes of at least 4 members (excludes halogenated alkanes) is 1. The summed E-state index contributed by atoms with van der Waals surface area (Å²) < 4.78 is 2.92. The zero-order valence-corrected chi connectivity index (χ0v) is 21.4. The van der Waals surface area contributed by atoms with E-state index in [0.29, 0.717) is 0 Å². The van der Waals surface area contributed by atoms with Crippen molar-refractivity contribution >= 4 is 53.5 Å². The lowest BCUT2D eigenvalue weighted by Crippen LogP contribution is -2.29. The Morgan fingerprint density at radius 1 is 0.765 bits per heavy atom. The Morgan fingerprint density at radius 3 is 2.15 bits per heavy atom. The average molecular weight is 478 g/mol. The van der Waals surface area contributed by atoms with Crippen LogP contribution in [0.2, 0.25) is 0 Å².